The van der Waals surface area contributed by atoms with Crippen LogP contribution in [0.3, 0.4) is 0 Å². The lowest BCUT2D eigenvalue weighted by Crippen LogP contribution is -2.11. The Labute approximate surface area is 95.7 Å². The number of aliphatic hydroxyl groups excluding tert-OH is 1. The Morgan fingerprint density at radius 2 is 2.19 bits per heavy atom. The number of carboxylic acids is 1. The Balaban J connectivity index is 2.64. The summed E-state index contributed by atoms with van der Waals surface area (Å²) in [5, 5.41) is 21.0. The van der Waals surface area contributed by atoms with Crippen LogP contribution in [0.2, 0.25) is 0 Å². The summed E-state index contributed by atoms with van der Waals surface area (Å²) >= 11 is 1.54. The fraction of sp³-hybridized carbons (Fsp3) is 0.182. The van der Waals surface area contributed by atoms with Crippen LogP contribution in [0.1, 0.15) is 11.7 Å². The van der Waals surface area contributed by atoms with Gasteiger partial charge in [-0.15, -0.1) is 11.3 Å². The van der Waals surface area contributed by atoms with Crippen molar-refractivity contribution >= 4 is 27.4 Å². The number of ether oxygens (including phenoxy) is 1. The second-order valence-corrected chi connectivity index (χ2v) is 4.21. The largest absolute Gasteiger partial charge is 0.496 e. The highest BCUT2D eigenvalue weighted by Crippen LogP contribution is 2.36. The SMILES string of the molecule is COc1c(C(O)C(=O)O)ccc2sccc12. The van der Waals surface area contributed by atoms with Crippen molar-refractivity contribution in [2.24, 2.45) is 0 Å². The molecular formula is C11H10O4S. The van der Waals surface area contributed by atoms with Crippen LogP contribution in [0.15, 0.2) is 23.6 Å². The molecule has 0 aliphatic carbocycles. The van der Waals surface area contributed by atoms with E-state index >= 15 is 0 Å². The lowest BCUT2D eigenvalue weighted by atomic mass is 10.1. The van der Waals surface area contributed by atoms with Gasteiger partial charge >= 0.3 is 5.97 Å². The van der Waals surface area contributed by atoms with Gasteiger partial charge < -0.3 is 14.9 Å². The van der Waals surface area contributed by atoms with Crippen LogP contribution < -0.4 is 4.74 Å². The molecule has 0 amide bonds. The number of methoxy groups -OCH3 is 1. The Morgan fingerprint density at radius 3 is 2.81 bits per heavy atom. The van der Waals surface area contributed by atoms with Gasteiger partial charge in [0.2, 0.25) is 0 Å². The Kier molecular flexibility index (Phi) is 2.80. The molecule has 16 heavy (non-hydrogen) atoms. The van der Waals surface area contributed by atoms with E-state index in [1.165, 1.54) is 18.4 Å². The minimum atomic E-state index is -1.56. The zero-order valence-electron chi connectivity index (χ0n) is 8.51. The van der Waals surface area contributed by atoms with Crippen molar-refractivity contribution in [3.8, 4) is 5.75 Å². The first-order chi connectivity index (χ1) is 7.65. The van der Waals surface area contributed by atoms with Gasteiger partial charge in [-0.2, -0.15) is 0 Å². The van der Waals surface area contributed by atoms with Crippen LogP contribution in [-0.4, -0.2) is 23.3 Å². The lowest BCUT2D eigenvalue weighted by molar-refractivity contribution is -0.147. The molecule has 0 saturated carbocycles. The predicted molar refractivity (Wildman–Crippen MR) is 61.0 cm³/mol. The highest BCUT2D eigenvalue weighted by atomic mass is 32.1. The quantitative estimate of drug-likeness (QED) is 0.858. The number of benzene rings is 1. The average molecular weight is 238 g/mol. The maximum Gasteiger partial charge on any atom is 0.337 e. The number of thiophene rings is 1. The normalized spacial score (nSPS) is 12.6. The third kappa shape index (κ3) is 1.64. The second kappa shape index (κ2) is 4.11. The van der Waals surface area contributed by atoms with Crippen molar-refractivity contribution in [2.75, 3.05) is 7.11 Å². The maximum atomic E-state index is 10.7. The number of hydrogen-bond donors (Lipinski definition) is 2. The predicted octanol–water partition coefficient (Wildman–Crippen LogP) is 2.03. The molecule has 1 aromatic heterocycles. The molecule has 1 unspecified atom stereocenters. The van der Waals surface area contributed by atoms with Gasteiger partial charge in [0.1, 0.15) is 5.75 Å². The van der Waals surface area contributed by atoms with E-state index in [0.29, 0.717) is 5.75 Å². The van der Waals surface area contributed by atoms with Gasteiger partial charge in [-0.3, -0.25) is 0 Å². The molecule has 1 aromatic carbocycles. The highest BCUT2D eigenvalue weighted by molar-refractivity contribution is 7.17. The van der Waals surface area contributed by atoms with Crippen LogP contribution in [0.4, 0.5) is 0 Å². The Bertz CT molecular complexity index is 532. The minimum Gasteiger partial charge on any atom is -0.496 e. The van der Waals surface area contributed by atoms with Gasteiger partial charge in [0.25, 0.3) is 0 Å². The zero-order chi connectivity index (χ0) is 11.7. The van der Waals surface area contributed by atoms with Gasteiger partial charge in [0, 0.05) is 15.6 Å². The van der Waals surface area contributed by atoms with Crippen LogP contribution in [-0.2, 0) is 4.79 Å². The van der Waals surface area contributed by atoms with Gasteiger partial charge in [-0.05, 0) is 17.5 Å². The molecular weight excluding hydrogens is 228 g/mol. The summed E-state index contributed by atoms with van der Waals surface area (Å²) in [5.41, 5.74) is 0.279. The molecule has 1 atom stereocenters. The maximum absolute atomic E-state index is 10.7. The van der Waals surface area contributed by atoms with Crippen LogP contribution in [0, 0.1) is 0 Å². The molecule has 0 spiro atoms. The fourth-order valence-corrected chi connectivity index (χ4v) is 2.40. The molecule has 0 saturated heterocycles. The van der Waals surface area contributed by atoms with E-state index in [2.05, 4.69) is 0 Å². The third-order valence-electron chi connectivity index (χ3n) is 2.35. The summed E-state index contributed by atoms with van der Waals surface area (Å²) in [5.74, 6) is -0.860. The average Bonchev–Trinajstić information content (AvgIpc) is 2.74. The lowest BCUT2D eigenvalue weighted by Gasteiger charge is -2.12. The highest BCUT2D eigenvalue weighted by Gasteiger charge is 2.21. The number of fused-ring (bicyclic) bond motifs is 1. The van der Waals surface area contributed by atoms with Crippen molar-refractivity contribution < 1.29 is 19.7 Å². The molecule has 0 fully saturated rings. The number of carbonyl (C=O) groups is 1. The summed E-state index contributed by atoms with van der Waals surface area (Å²) in [4.78, 5) is 10.7. The molecule has 2 aromatic rings. The van der Waals surface area contributed by atoms with Gasteiger partial charge in [-0.1, -0.05) is 6.07 Å². The van der Waals surface area contributed by atoms with E-state index in [9.17, 15) is 9.90 Å². The van der Waals surface area contributed by atoms with Crippen LogP contribution in [0.25, 0.3) is 10.1 Å². The second-order valence-electron chi connectivity index (χ2n) is 3.26. The van der Waals surface area contributed by atoms with Crippen LogP contribution in [0.5, 0.6) is 5.75 Å². The minimum absolute atomic E-state index is 0.279. The van der Waals surface area contributed by atoms with Crippen molar-refractivity contribution in [3.05, 3.63) is 29.1 Å². The first-order valence-corrected chi connectivity index (χ1v) is 5.48. The van der Waals surface area contributed by atoms with E-state index in [1.807, 2.05) is 11.4 Å². The van der Waals surface area contributed by atoms with Crippen molar-refractivity contribution in [3.63, 3.8) is 0 Å². The number of carboxylic acid groups (broad SMARTS) is 1. The topological polar surface area (TPSA) is 66.8 Å². The molecule has 0 aliphatic rings. The third-order valence-corrected chi connectivity index (χ3v) is 3.23. The molecule has 2 rings (SSSR count). The van der Waals surface area contributed by atoms with Gasteiger partial charge in [-0.25, -0.2) is 4.79 Å². The summed E-state index contributed by atoms with van der Waals surface area (Å²) < 4.78 is 6.17. The van der Waals surface area contributed by atoms with E-state index < -0.39 is 12.1 Å². The summed E-state index contributed by atoms with van der Waals surface area (Å²) in [6.45, 7) is 0. The number of aliphatic hydroxyl groups is 1. The Morgan fingerprint density at radius 1 is 1.44 bits per heavy atom. The fourth-order valence-electron chi connectivity index (χ4n) is 1.61. The summed E-state index contributed by atoms with van der Waals surface area (Å²) in [6, 6.07) is 5.21. The van der Waals surface area contributed by atoms with Crippen LogP contribution >= 0.6 is 11.3 Å². The smallest absolute Gasteiger partial charge is 0.337 e. The van der Waals surface area contributed by atoms with Crippen molar-refractivity contribution in [1.82, 2.24) is 0 Å². The van der Waals surface area contributed by atoms with E-state index in [4.69, 9.17) is 9.84 Å². The standard InChI is InChI=1S/C11H10O4S/c1-15-10-6-4-5-16-8(6)3-2-7(10)9(12)11(13)14/h2-5,9,12H,1H3,(H,13,14). The Hall–Kier alpha value is -1.59. The van der Waals surface area contributed by atoms with Crippen molar-refractivity contribution in [1.29, 1.82) is 0 Å². The molecule has 2 N–H and O–H groups in total. The first-order valence-electron chi connectivity index (χ1n) is 4.60. The van der Waals surface area contributed by atoms with Gasteiger partial charge in [0.15, 0.2) is 6.10 Å². The summed E-state index contributed by atoms with van der Waals surface area (Å²) in [6.07, 6.45) is -1.56. The molecule has 4 nitrogen and oxygen atoms in total. The molecule has 0 radical (unpaired) electrons. The first kappa shape index (κ1) is 10.9. The molecule has 0 bridgehead atoms. The molecule has 5 heteroatoms. The van der Waals surface area contributed by atoms with E-state index in [-0.39, 0.29) is 5.56 Å². The molecule has 0 aliphatic heterocycles. The molecule has 1 heterocycles. The van der Waals surface area contributed by atoms with Crippen molar-refractivity contribution in [2.45, 2.75) is 6.10 Å². The number of rotatable bonds is 3. The number of aliphatic carboxylic acids is 1. The zero-order valence-corrected chi connectivity index (χ0v) is 9.32. The van der Waals surface area contributed by atoms with Gasteiger partial charge in [0.05, 0.1) is 7.11 Å². The molecule has 84 valence electrons. The number of hydrogen-bond acceptors (Lipinski definition) is 4. The monoisotopic (exact) mass is 238 g/mol. The van der Waals surface area contributed by atoms with E-state index in [0.717, 1.165) is 10.1 Å². The summed E-state index contributed by atoms with van der Waals surface area (Å²) in [7, 11) is 1.46. The van der Waals surface area contributed by atoms with E-state index in [1.54, 1.807) is 12.1 Å².